The molecule has 1 aliphatic rings. The van der Waals surface area contributed by atoms with Crippen molar-refractivity contribution in [1.29, 1.82) is 5.26 Å². The van der Waals surface area contributed by atoms with Gasteiger partial charge in [0.25, 0.3) is 5.91 Å². The topological polar surface area (TPSA) is 56.6 Å². The number of halogens is 1. The van der Waals surface area contributed by atoms with Gasteiger partial charge in [-0.05, 0) is 42.8 Å². The van der Waals surface area contributed by atoms with Crippen molar-refractivity contribution >= 4 is 5.91 Å². The molecule has 0 radical (unpaired) electrons. The fraction of sp³-hybridized carbons (Fsp3) is 0.333. The minimum Gasteiger partial charge on any atom is -0.492 e. The molecule has 1 fully saturated rings. The van der Waals surface area contributed by atoms with E-state index in [2.05, 4.69) is 11.0 Å². The molecule has 2 aromatic rings. The third kappa shape index (κ3) is 5.28. The molecule has 0 N–H and O–H groups in total. The third-order valence-corrected chi connectivity index (χ3v) is 4.59. The van der Waals surface area contributed by atoms with Gasteiger partial charge in [-0.15, -0.1) is 0 Å². The lowest BCUT2D eigenvalue weighted by Gasteiger charge is -2.22. The Labute approximate surface area is 158 Å². The van der Waals surface area contributed by atoms with Gasteiger partial charge in [0.15, 0.2) is 0 Å². The Bertz CT molecular complexity index is 834. The highest BCUT2D eigenvalue weighted by molar-refractivity contribution is 5.94. The second-order valence-electron chi connectivity index (χ2n) is 6.49. The highest BCUT2D eigenvalue weighted by atomic mass is 19.1. The lowest BCUT2D eigenvalue weighted by Crippen LogP contribution is -2.36. The summed E-state index contributed by atoms with van der Waals surface area (Å²) in [5.41, 5.74) is 0.970. The molecule has 0 aliphatic carbocycles. The highest BCUT2D eigenvalue weighted by Gasteiger charge is 2.20. The van der Waals surface area contributed by atoms with Gasteiger partial charge in [-0.1, -0.05) is 12.1 Å². The van der Waals surface area contributed by atoms with E-state index in [1.54, 1.807) is 35.2 Å². The maximum absolute atomic E-state index is 13.4. The number of nitriles is 1. The highest BCUT2D eigenvalue weighted by Crippen LogP contribution is 2.13. The standard InChI is InChI=1S/C21H22FN3O2/c22-19-6-2-5-18(15-19)21(26)25-9-3-8-24(10-11-25)12-13-27-20-7-1-4-17(14-20)16-23/h1-2,4-7,14-15H,3,8-13H2. The van der Waals surface area contributed by atoms with Gasteiger partial charge in [-0.2, -0.15) is 5.26 Å². The van der Waals surface area contributed by atoms with Gasteiger partial charge in [0.2, 0.25) is 0 Å². The van der Waals surface area contributed by atoms with E-state index >= 15 is 0 Å². The monoisotopic (exact) mass is 367 g/mol. The Kier molecular flexibility index (Phi) is 6.39. The zero-order valence-electron chi connectivity index (χ0n) is 15.1. The van der Waals surface area contributed by atoms with Gasteiger partial charge in [-0.3, -0.25) is 9.69 Å². The maximum Gasteiger partial charge on any atom is 0.254 e. The SMILES string of the molecule is N#Cc1cccc(OCCN2CCCN(C(=O)c3cccc(F)c3)CC2)c1. The fourth-order valence-electron chi connectivity index (χ4n) is 3.15. The van der Waals surface area contributed by atoms with E-state index in [-0.39, 0.29) is 5.91 Å². The van der Waals surface area contributed by atoms with Crippen molar-refractivity contribution in [1.82, 2.24) is 9.80 Å². The number of carbonyl (C=O) groups excluding carboxylic acids is 1. The first kappa shape index (κ1) is 18.9. The van der Waals surface area contributed by atoms with E-state index in [4.69, 9.17) is 10.00 Å². The molecule has 5 nitrogen and oxygen atoms in total. The van der Waals surface area contributed by atoms with Crippen LogP contribution in [0.1, 0.15) is 22.3 Å². The first-order valence-electron chi connectivity index (χ1n) is 9.06. The van der Waals surface area contributed by atoms with E-state index < -0.39 is 5.82 Å². The third-order valence-electron chi connectivity index (χ3n) is 4.59. The molecule has 1 saturated heterocycles. The van der Waals surface area contributed by atoms with Crippen LogP contribution >= 0.6 is 0 Å². The number of carbonyl (C=O) groups is 1. The number of hydrogen-bond acceptors (Lipinski definition) is 4. The predicted octanol–water partition coefficient (Wildman–Crippen LogP) is 2.92. The summed E-state index contributed by atoms with van der Waals surface area (Å²) in [4.78, 5) is 16.6. The zero-order valence-corrected chi connectivity index (χ0v) is 15.1. The lowest BCUT2D eigenvalue weighted by molar-refractivity contribution is 0.0760. The maximum atomic E-state index is 13.4. The van der Waals surface area contributed by atoms with E-state index in [0.717, 1.165) is 26.1 Å². The summed E-state index contributed by atoms with van der Waals surface area (Å²) in [6, 6.07) is 15.0. The molecule has 0 saturated carbocycles. The Hall–Kier alpha value is -2.91. The number of nitrogens with zero attached hydrogens (tertiary/aromatic N) is 3. The molecule has 0 aromatic heterocycles. The molecule has 27 heavy (non-hydrogen) atoms. The fourth-order valence-corrected chi connectivity index (χ4v) is 3.15. The number of rotatable bonds is 5. The second kappa shape index (κ2) is 9.15. The van der Waals surface area contributed by atoms with Crippen LogP contribution in [0.3, 0.4) is 0 Å². The summed E-state index contributed by atoms with van der Waals surface area (Å²) in [6.45, 7) is 4.18. The molecular formula is C21H22FN3O2. The molecule has 0 unspecified atom stereocenters. The van der Waals surface area contributed by atoms with Gasteiger partial charge in [-0.25, -0.2) is 4.39 Å². The van der Waals surface area contributed by atoms with Crippen molar-refractivity contribution in [3.05, 3.63) is 65.5 Å². The first-order chi connectivity index (χ1) is 13.2. The molecule has 140 valence electrons. The van der Waals surface area contributed by atoms with Gasteiger partial charge in [0, 0.05) is 38.3 Å². The smallest absolute Gasteiger partial charge is 0.254 e. The number of amides is 1. The van der Waals surface area contributed by atoms with E-state index in [1.807, 2.05) is 6.07 Å². The second-order valence-corrected chi connectivity index (χ2v) is 6.49. The van der Waals surface area contributed by atoms with Crippen LogP contribution in [0.25, 0.3) is 0 Å². The summed E-state index contributed by atoms with van der Waals surface area (Å²) in [7, 11) is 0. The first-order valence-corrected chi connectivity index (χ1v) is 9.06. The molecule has 3 rings (SSSR count). The largest absolute Gasteiger partial charge is 0.492 e. The summed E-state index contributed by atoms with van der Waals surface area (Å²) in [6.07, 6.45) is 0.866. The van der Waals surface area contributed by atoms with Crippen LogP contribution in [0.2, 0.25) is 0 Å². The minimum absolute atomic E-state index is 0.124. The molecular weight excluding hydrogens is 345 g/mol. The van der Waals surface area contributed by atoms with Crippen molar-refractivity contribution in [2.75, 3.05) is 39.3 Å². The Morgan fingerprint density at radius 2 is 1.96 bits per heavy atom. The Morgan fingerprint density at radius 1 is 1.11 bits per heavy atom. The molecule has 1 amide bonds. The van der Waals surface area contributed by atoms with Gasteiger partial charge >= 0.3 is 0 Å². The summed E-state index contributed by atoms with van der Waals surface area (Å²) in [5, 5.41) is 8.92. The number of ether oxygens (including phenoxy) is 1. The summed E-state index contributed by atoms with van der Waals surface area (Å²) < 4.78 is 19.1. The normalized spacial score (nSPS) is 15.0. The zero-order chi connectivity index (χ0) is 19.1. The van der Waals surface area contributed by atoms with E-state index in [9.17, 15) is 9.18 Å². The van der Waals surface area contributed by atoms with Crippen molar-refractivity contribution < 1.29 is 13.9 Å². The van der Waals surface area contributed by atoms with Crippen LogP contribution in [0, 0.1) is 17.1 Å². The summed E-state index contributed by atoms with van der Waals surface area (Å²) >= 11 is 0. The molecule has 0 spiro atoms. The van der Waals surface area contributed by atoms with E-state index in [1.165, 1.54) is 12.1 Å². The van der Waals surface area contributed by atoms with Crippen LogP contribution in [0.5, 0.6) is 5.75 Å². The molecule has 2 aromatic carbocycles. The Balaban J connectivity index is 1.48. The lowest BCUT2D eigenvalue weighted by atomic mass is 10.2. The average Bonchev–Trinajstić information content (AvgIpc) is 2.93. The molecule has 1 aliphatic heterocycles. The Morgan fingerprint density at radius 3 is 2.78 bits per heavy atom. The van der Waals surface area contributed by atoms with Crippen molar-refractivity contribution in [3.8, 4) is 11.8 Å². The molecule has 0 bridgehead atoms. The van der Waals surface area contributed by atoms with Gasteiger partial charge < -0.3 is 9.64 Å². The van der Waals surface area contributed by atoms with Crippen molar-refractivity contribution in [3.63, 3.8) is 0 Å². The summed E-state index contributed by atoms with van der Waals surface area (Å²) in [5.74, 6) is 0.169. The van der Waals surface area contributed by atoms with Crippen LogP contribution in [0.4, 0.5) is 4.39 Å². The molecule has 0 atom stereocenters. The minimum atomic E-state index is -0.394. The molecule has 6 heteroatoms. The van der Waals surface area contributed by atoms with Crippen LogP contribution < -0.4 is 4.74 Å². The van der Waals surface area contributed by atoms with Crippen LogP contribution in [-0.2, 0) is 0 Å². The van der Waals surface area contributed by atoms with Gasteiger partial charge in [0.1, 0.15) is 18.2 Å². The molecule has 1 heterocycles. The van der Waals surface area contributed by atoms with Crippen molar-refractivity contribution in [2.24, 2.45) is 0 Å². The van der Waals surface area contributed by atoms with Crippen molar-refractivity contribution in [2.45, 2.75) is 6.42 Å². The van der Waals surface area contributed by atoms with Crippen LogP contribution in [0.15, 0.2) is 48.5 Å². The predicted molar refractivity (Wildman–Crippen MR) is 100 cm³/mol. The quantitative estimate of drug-likeness (QED) is 0.815. The average molecular weight is 367 g/mol. The number of hydrogen-bond donors (Lipinski definition) is 0. The van der Waals surface area contributed by atoms with Crippen LogP contribution in [-0.4, -0.2) is 55.0 Å². The number of benzene rings is 2. The van der Waals surface area contributed by atoms with E-state index in [0.29, 0.717) is 36.6 Å². The van der Waals surface area contributed by atoms with Gasteiger partial charge in [0.05, 0.1) is 11.6 Å².